The fourth-order valence-corrected chi connectivity index (χ4v) is 6.36. The summed E-state index contributed by atoms with van der Waals surface area (Å²) in [6.07, 6.45) is 8.89. The molecule has 8 heteroatoms. The highest BCUT2D eigenvalue weighted by Gasteiger charge is 2.75. The lowest BCUT2D eigenvalue weighted by atomic mass is 9.74. The van der Waals surface area contributed by atoms with Gasteiger partial charge in [-0.25, -0.2) is 0 Å². The lowest BCUT2D eigenvalue weighted by molar-refractivity contribution is -0.159. The number of aliphatic hydroxyl groups excluding tert-OH is 1. The van der Waals surface area contributed by atoms with E-state index in [4.69, 9.17) is 9.47 Å². The molecule has 8 nitrogen and oxygen atoms in total. The fourth-order valence-electron chi connectivity index (χ4n) is 6.36. The van der Waals surface area contributed by atoms with Crippen LogP contribution in [0.3, 0.4) is 0 Å². The summed E-state index contributed by atoms with van der Waals surface area (Å²) in [4.78, 5) is 45.0. The number of hydrogen-bond donors (Lipinski definition) is 1. The molecular weight excluding hydrogens is 460 g/mol. The largest absolute Gasteiger partial charge is 0.465 e. The second-order valence-corrected chi connectivity index (χ2v) is 10.6. The zero-order valence-corrected chi connectivity index (χ0v) is 21.3. The van der Waals surface area contributed by atoms with Crippen LogP contribution in [-0.2, 0) is 23.9 Å². The molecule has 1 aromatic rings. The zero-order chi connectivity index (χ0) is 25.8. The molecule has 1 unspecified atom stereocenters. The summed E-state index contributed by atoms with van der Waals surface area (Å²) in [5, 5.41) is 10.1. The summed E-state index contributed by atoms with van der Waals surface area (Å²) < 4.78 is 12.3. The molecule has 2 fully saturated rings. The average Bonchev–Trinajstić information content (AvgIpc) is 3.20. The number of likely N-dealkylation sites (tertiary alicyclic amines) is 1. The molecule has 0 aromatic heterocycles. The predicted molar refractivity (Wildman–Crippen MR) is 133 cm³/mol. The van der Waals surface area contributed by atoms with Gasteiger partial charge >= 0.3 is 5.97 Å². The Balaban J connectivity index is 1.68. The molecule has 1 spiro atoms. The lowest BCUT2D eigenvalue weighted by Gasteiger charge is -2.39. The maximum atomic E-state index is 14.4. The molecule has 0 radical (unpaired) electrons. The number of fused-ring (bicyclic) bond motifs is 2. The van der Waals surface area contributed by atoms with Gasteiger partial charge in [0, 0.05) is 12.2 Å². The number of nitrogens with zero attached hydrogens (tertiary/aromatic N) is 2. The minimum Gasteiger partial charge on any atom is -0.465 e. The molecule has 1 N–H and O–H groups in total. The Bertz CT molecular complexity index is 1160. The van der Waals surface area contributed by atoms with Crippen molar-refractivity contribution in [3.63, 3.8) is 0 Å². The molecule has 1 aromatic carbocycles. The van der Waals surface area contributed by atoms with Gasteiger partial charge in [-0.3, -0.25) is 14.4 Å². The van der Waals surface area contributed by atoms with Crippen molar-refractivity contribution in [3.8, 4) is 0 Å². The van der Waals surface area contributed by atoms with Gasteiger partial charge < -0.3 is 24.4 Å². The van der Waals surface area contributed by atoms with Gasteiger partial charge in [0.25, 0.3) is 5.91 Å². The number of benzene rings is 1. The zero-order valence-electron chi connectivity index (χ0n) is 21.3. The van der Waals surface area contributed by atoms with Crippen LogP contribution in [0.25, 0.3) is 0 Å². The van der Waals surface area contributed by atoms with Crippen LogP contribution in [0.4, 0.5) is 5.69 Å². The standard InChI is InChI=1S/C28H34N2O6/c1-17-9-10-18(2)20(15-17)29-13-8-12-28-21(24(32)30(19(3)16-31)23(28)25(29)33)22-26(34)35-14-7-5-6-11-27(22,4)36-28/h6,8-12,15,19,21-23,31H,5,7,13-14,16H2,1-4H3/b11-6-/t19-,21+,22-,23?,27+,28+/m1/s1. The van der Waals surface area contributed by atoms with Crippen molar-refractivity contribution in [2.75, 3.05) is 24.7 Å². The first kappa shape index (κ1) is 24.7. The molecule has 192 valence electrons. The summed E-state index contributed by atoms with van der Waals surface area (Å²) >= 11 is 0. The number of carbonyl (C=O) groups excluding carboxylic acids is 3. The summed E-state index contributed by atoms with van der Waals surface area (Å²) in [7, 11) is 0. The number of aryl methyl sites for hydroxylation is 2. The number of carbonyl (C=O) groups is 3. The Labute approximate surface area is 211 Å². The van der Waals surface area contributed by atoms with Crippen molar-refractivity contribution >= 4 is 23.5 Å². The lowest BCUT2D eigenvalue weighted by Crippen LogP contribution is -2.58. The Morgan fingerprint density at radius 1 is 1.11 bits per heavy atom. The van der Waals surface area contributed by atoms with Gasteiger partial charge in [-0.1, -0.05) is 36.4 Å². The van der Waals surface area contributed by atoms with E-state index in [9.17, 15) is 19.5 Å². The Hall–Kier alpha value is -2.97. The van der Waals surface area contributed by atoms with Gasteiger partial charge in [0.2, 0.25) is 5.91 Å². The van der Waals surface area contributed by atoms with Gasteiger partial charge in [-0.2, -0.15) is 0 Å². The quantitative estimate of drug-likeness (QED) is 0.512. The minimum atomic E-state index is -1.37. The smallest absolute Gasteiger partial charge is 0.313 e. The summed E-state index contributed by atoms with van der Waals surface area (Å²) in [5.41, 5.74) is 0.226. The number of allylic oxidation sites excluding steroid dienone is 1. The van der Waals surface area contributed by atoms with E-state index in [-0.39, 0.29) is 25.0 Å². The summed E-state index contributed by atoms with van der Waals surface area (Å²) in [5.74, 6) is -3.02. The fraction of sp³-hybridized carbons (Fsp3) is 0.536. The van der Waals surface area contributed by atoms with Crippen LogP contribution < -0.4 is 4.90 Å². The third-order valence-corrected chi connectivity index (χ3v) is 8.08. The van der Waals surface area contributed by atoms with Gasteiger partial charge in [0.05, 0.1) is 30.8 Å². The number of ether oxygens (including phenoxy) is 2. The number of anilines is 1. The number of esters is 1. The Kier molecular flexibility index (Phi) is 6.08. The van der Waals surface area contributed by atoms with Gasteiger partial charge in [-0.05, 0) is 57.7 Å². The first-order valence-electron chi connectivity index (χ1n) is 12.7. The minimum absolute atomic E-state index is 0.263. The van der Waals surface area contributed by atoms with E-state index in [1.165, 1.54) is 4.90 Å². The van der Waals surface area contributed by atoms with E-state index in [2.05, 4.69) is 0 Å². The first-order valence-corrected chi connectivity index (χ1v) is 12.7. The monoisotopic (exact) mass is 494 g/mol. The van der Waals surface area contributed by atoms with Crippen LogP contribution in [0.1, 0.15) is 37.8 Å². The molecule has 0 aliphatic carbocycles. The highest BCUT2D eigenvalue weighted by Crippen LogP contribution is 2.57. The van der Waals surface area contributed by atoms with Crippen LogP contribution in [0.15, 0.2) is 42.5 Å². The topological polar surface area (TPSA) is 96.4 Å². The van der Waals surface area contributed by atoms with Crippen molar-refractivity contribution < 1.29 is 29.0 Å². The SMILES string of the molecule is Cc1ccc(C)c(N2CC=C[C@]34O[C@@]5(C)/C=C\CCCOC(=O)[C@H]5[C@H]3C(=O)N([C@H](C)CO)C4C2=O)c1. The van der Waals surface area contributed by atoms with Crippen LogP contribution >= 0.6 is 0 Å². The molecule has 5 rings (SSSR count). The van der Waals surface area contributed by atoms with Crippen molar-refractivity contribution in [1.29, 1.82) is 0 Å². The Morgan fingerprint density at radius 3 is 2.64 bits per heavy atom. The second-order valence-electron chi connectivity index (χ2n) is 10.6. The normalized spacial score (nSPS) is 35.7. The number of amides is 2. The highest BCUT2D eigenvalue weighted by molar-refractivity contribution is 6.06. The van der Waals surface area contributed by atoms with Gasteiger partial charge in [0.15, 0.2) is 0 Å². The summed E-state index contributed by atoms with van der Waals surface area (Å²) in [6.45, 7) is 7.66. The molecule has 6 atom stereocenters. The van der Waals surface area contributed by atoms with E-state index < -0.39 is 41.1 Å². The van der Waals surface area contributed by atoms with Crippen LogP contribution in [0.2, 0.25) is 0 Å². The number of hydrogen-bond acceptors (Lipinski definition) is 6. The number of aliphatic hydroxyl groups is 1. The molecule has 0 saturated carbocycles. The maximum absolute atomic E-state index is 14.4. The van der Waals surface area contributed by atoms with Crippen molar-refractivity contribution in [2.45, 2.75) is 63.8 Å². The highest BCUT2D eigenvalue weighted by atomic mass is 16.6. The van der Waals surface area contributed by atoms with Gasteiger partial charge in [-0.15, -0.1) is 0 Å². The van der Waals surface area contributed by atoms with E-state index in [1.54, 1.807) is 24.8 Å². The molecule has 0 bridgehead atoms. The molecular formula is C28H34N2O6. The molecule has 2 saturated heterocycles. The van der Waals surface area contributed by atoms with E-state index in [0.29, 0.717) is 13.0 Å². The van der Waals surface area contributed by atoms with Crippen molar-refractivity contribution in [2.24, 2.45) is 11.8 Å². The van der Waals surface area contributed by atoms with Crippen LogP contribution in [-0.4, -0.2) is 70.8 Å². The Morgan fingerprint density at radius 2 is 1.89 bits per heavy atom. The van der Waals surface area contributed by atoms with Crippen LogP contribution in [0.5, 0.6) is 0 Å². The van der Waals surface area contributed by atoms with Crippen molar-refractivity contribution in [1.82, 2.24) is 4.90 Å². The number of cyclic esters (lactones) is 1. The summed E-state index contributed by atoms with van der Waals surface area (Å²) in [6, 6.07) is 4.24. The molecule has 4 aliphatic heterocycles. The average molecular weight is 495 g/mol. The molecule has 36 heavy (non-hydrogen) atoms. The third kappa shape index (κ3) is 3.53. The predicted octanol–water partition coefficient (Wildman–Crippen LogP) is 2.45. The number of rotatable bonds is 3. The molecule has 4 aliphatic rings. The van der Waals surface area contributed by atoms with Crippen LogP contribution in [0, 0.1) is 25.7 Å². The molecule has 4 heterocycles. The molecule has 2 amide bonds. The van der Waals surface area contributed by atoms with Gasteiger partial charge in [0.1, 0.15) is 17.6 Å². The first-order chi connectivity index (χ1) is 17.1. The van der Waals surface area contributed by atoms with E-state index in [1.807, 2.05) is 50.3 Å². The second kappa shape index (κ2) is 8.85. The third-order valence-electron chi connectivity index (χ3n) is 8.08. The van der Waals surface area contributed by atoms with E-state index >= 15 is 0 Å². The van der Waals surface area contributed by atoms with Crippen molar-refractivity contribution in [3.05, 3.63) is 53.6 Å². The maximum Gasteiger partial charge on any atom is 0.313 e. The van der Waals surface area contributed by atoms with E-state index in [0.717, 1.165) is 23.2 Å².